The molecule has 158 valence electrons. The van der Waals surface area contributed by atoms with Crippen LogP contribution in [0.3, 0.4) is 0 Å². The average molecular weight is 423 g/mol. The number of hydrogen-bond donors (Lipinski definition) is 3. The van der Waals surface area contributed by atoms with Gasteiger partial charge in [0.05, 0.1) is 16.6 Å². The lowest BCUT2D eigenvalue weighted by atomic mass is 9.93. The van der Waals surface area contributed by atoms with E-state index in [-0.39, 0.29) is 5.91 Å². The first-order valence-corrected chi connectivity index (χ1v) is 10.6. The van der Waals surface area contributed by atoms with E-state index in [2.05, 4.69) is 45.5 Å². The number of fused-ring (bicyclic) bond motifs is 3. The molecule has 7 heteroatoms. The van der Waals surface area contributed by atoms with Crippen molar-refractivity contribution in [3.8, 4) is 17.0 Å². The summed E-state index contributed by atoms with van der Waals surface area (Å²) in [6.45, 7) is 5.49. The van der Waals surface area contributed by atoms with Gasteiger partial charge in [-0.3, -0.25) is 9.78 Å². The fourth-order valence-electron chi connectivity index (χ4n) is 4.48. The Morgan fingerprint density at radius 1 is 1.09 bits per heavy atom. The molecular weight excluding hydrogens is 402 g/mol. The van der Waals surface area contributed by atoms with Gasteiger partial charge >= 0.3 is 0 Å². The molecule has 0 saturated heterocycles. The van der Waals surface area contributed by atoms with Crippen LogP contribution < -0.4 is 15.4 Å². The SMILES string of the molecule is Cc1cc2c(cc1-c1cnc3c(c1C)NCCO3)/C(=C/c1cc3ncccc3[nH]1)C(=O)N2. The molecule has 0 radical (unpaired) electrons. The normalized spacial score (nSPS) is 15.8. The Kier molecular flexibility index (Phi) is 4.04. The lowest BCUT2D eigenvalue weighted by Gasteiger charge is -2.22. The molecule has 2 aliphatic heterocycles. The first kappa shape index (κ1) is 18.6. The molecule has 0 saturated carbocycles. The molecule has 0 aliphatic carbocycles. The van der Waals surface area contributed by atoms with E-state index in [9.17, 15) is 4.79 Å². The van der Waals surface area contributed by atoms with Crippen molar-refractivity contribution in [3.05, 3.63) is 65.1 Å². The maximum Gasteiger partial charge on any atom is 0.256 e. The summed E-state index contributed by atoms with van der Waals surface area (Å²) in [4.78, 5) is 25.0. The Morgan fingerprint density at radius 2 is 2.00 bits per heavy atom. The number of nitrogens with zero attached hydrogens (tertiary/aromatic N) is 2. The van der Waals surface area contributed by atoms with E-state index in [0.29, 0.717) is 18.1 Å². The number of anilines is 2. The molecule has 0 unspecified atom stereocenters. The highest BCUT2D eigenvalue weighted by Gasteiger charge is 2.27. The predicted molar refractivity (Wildman–Crippen MR) is 126 cm³/mol. The molecule has 6 rings (SSSR count). The molecule has 0 fully saturated rings. The van der Waals surface area contributed by atoms with Crippen molar-refractivity contribution in [2.45, 2.75) is 13.8 Å². The van der Waals surface area contributed by atoms with Gasteiger partial charge in [-0.05, 0) is 66.9 Å². The van der Waals surface area contributed by atoms with Crippen molar-refractivity contribution in [2.24, 2.45) is 0 Å². The summed E-state index contributed by atoms with van der Waals surface area (Å²) in [7, 11) is 0. The van der Waals surface area contributed by atoms with E-state index >= 15 is 0 Å². The van der Waals surface area contributed by atoms with Crippen molar-refractivity contribution < 1.29 is 9.53 Å². The number of hydrogen-bond acceptors (Lipinski definition) is 5. The number of amides is 1. The van der Waals surface area contributed by atoms with Gasteiger partial charge in [0.15, 0.2) is 0 Å². The first-order valence-electron chi connectivity index (χ1n) is 10.6. The molecule has 0 atom stereocenters. The van der Waals surface area contributed by atoms with Gasteiger partial charge in [-0.25, -0.2) is 4.98 Å². The zero-order valence-electron chi connectivity index (χ0n) is 17.7. The second-order valence-electron chi connectivity index (χ2n) is 8.14. The summed E-state index contributed by atoms with van der Waals surface area (Å²) >= 11 is 0. The van der Waals surface area contributed by atoms with Crippen molar-refractivity contribution in [2.75, 3.05) is 23.8 Å². The Morgan fingerprint density at radius 3 is 2.88 bits per heavy atom. The largest absolute Gasteiger partial charge is 0.474 e. The van der Waals surface area contributed by atoms with Crippen LogP contribution in [0.4, 0.5) is 11.4 Å². The van der Waals surface area contributed by atoms with Gasteiger partial charge in [-0.1, -0.05) is 0 Å². The van der Waals surface area contributed by atoms with E-state index in [1.54, 1.807) is 6.20 Å². The topological polar surface area (TPSA) is 91.9 Å². The smallest absolute Gasteiger partial charge is 0.256 e. The Balaban J connectivity index is 1.48. The second kappa shape index (κ2) is 6.95. The van der Waals surface area contributed by atoms with Crippen molar-refractivity contribution >= 4 is 40.0 Å². The minimum Gasteiger partial charge on any atom is -0.474 e. The van der Waals surface area contributed by atoms with Gasteiger partial charge in [0, 0.05) is 41.4 Å². The van der Waals surface area contributed by atoms with Gasteiger partial charge < -0.3 is 20.4 Å². The van der Waals surface area contributed by atoms with Gasteiger partial charge in [0.25, 0.3) is 5.91 Å². The van der Waals surface area contributed by atoms with Crippen molar-refractivity contribution in [1.82, 2.24) is 15.0 Å². The molecule has 1 amide bonds. The van der Waals surface area contributed by atoms with Gasteiger partial charge in [0.1, 0.15) is 12.3 Å². The number of carbonyl (C=O) groups excluding carboxylic acids is 1. The third-order valence-electron chi connectivity index (χ3n) is 6.09. The number of rotatable bonds is 2. The number of aromatic amines is 1. The maximum absolute atomic E-state index is 12.8. The molecule has 0 bridgehead atoms. The average Bonchev–Trinajstić information content (AvgIpc) is 3.34. The van der Waals surface area contributed by atoms with Crippen LogP contribution in [-0.4, -0.2) is 34.0 Å². The molecule has 0 spiro atoms. The number of nitrogens with one attached hydrogen (secondary N) is 3. The minimum absolute atomic E-state index is 0.112. The molecule has 5 heterocycles. The number of aryl methyl sites for hydroxylation is 1. The fourth-order valence-corrected chi connectivity index (χ4v) is 4.48. The summed E-state index contributed by atoms with van der Waals surface area (Å²) in [5, 5.41) is 6.40. The predicted octanol–water partition coefficient (Wildman–Crippen LogP) is 4.54. The number of carbonyl (C=O) groups is 1. The van der Waals surface area contributed by atoms with Crippen LogP contribution in [0.5, 0.6) is 5.88 Å². The number of aromatic nitrogens is 3. The monoisotopic (exact) mass is 423 g/mol. The van der Waals surface area contributed by atoms with E-state index in [1.807, 2.05) is 36.5 Å². The van der Waals surface area contributed by atoms with Crippen LogP contribution in [0.25, 0.3) is 33.8 Å². The third-order valence-corrected chi connectivity index (χ3v) is 6.09. The van der Waals surface area contributed by atoms with E-state index in [4.69, 9.17) is 4.74 Å². The van der Waals surface area contributed by atoms with Crippen LogP contribution >= 0.6 is 0 Å². The molecule has 4 aromatic rings. The third kappa shape index (κ3) is 2.85. The zero-order valence-corrected chi connectivity index (χ0v) is 17.7. The van der Waals surface area contributed by atoms with Gasteiger partial charge in [0.2, 0.25) is 5.88 Å². The Labute approximate surface area is 184 Å². The van der Waals surface area contributed by atoms with E-state index in [0.717, 1.165) is 62.5 Å². The van der Waals surface area contributed by atoms with Gasteiger partial charge in [-0.2, -0.15) is 0 Å². The van der Waals surface area contributed by atoms with Gasteiger partial charge in [-0.15, -0.1) is 0 Å². The molecule has 3 aromatic heterocycles. The van der Waals surface area contributed by atoms with E-state index in [1.165, 1.54) is 0 Å². The fraction of sp³-hybridized carbons (Fsp3) is 0.160. The molecule has 2 aliphatic rings. The summed E-state index contributed by atoms with van der Waals surface area (Å²) in [6, 6.07) is 9.91. The van der Waals surface area contributed by atoms with E-state index < -0.39 is 0 Å². The quantitative estimate of drug-likeness (QED) is 0.412. The molecule has 3 N–H and O–H groups in total. The highest BCUT2D eigenvalue weighted by Crippen LogP contribution is 2.41. The van der Waals surface area contributed by atoms with Crippen LogP contribution in [0.15, 0.2) is 42.7 Å². The summed E-state index contributed by atoms with van der Waals surface area (Å²) in [5.41, 5.74) is 10.1. The summed E-state index contributed by atoms with van der Waals surface area (Å²) < 4.78 is 5.68. The van der Waals surface area contributed by atoms with Crippen molar-refractivity contribution in [3.63, 3.8) is 0 Å². The van der Waals surface area contributed by atoms with Crippen LogP contribution in [-0.2, 0) is 4.79 Å². The highest BCUT2D eigenvalue weighted by atomic mass is 16.5. The molecule has 7 nitrogen and oxygen atoms in total. The number of benzene rings is 1. The molecular formula is C25H21N5O2. The minimum atomic E-state index is -0.112. The lowest BCUT2D eigenvalue weighted by Crippen LogP contribution is -2.20. The van der Waals surface area contributed by atoms with Crippen molar-refractivity contribution in [1.29, 1.82) is 0 Å². The lowest BCUT2D eigenvalue weighted by molar-refractivity contribution is -0.110. The Hall–Kier alpha value is -4.13. The maximum atomic E-state index is 12.8. The number of H-pyrrole nitrogens is 1. The number of pyridine rings is 2. The zero-order chi connectivity index (χ0) is 21.8. The highest BCUT2D eigenvalue weighted by molar-refractivity contribution is 6.35. The standard InChI is InChI=1S/C25H21N5O2/c1-13-8-21-17(11-16(13)19-12-28-25-23(14(19)2)27-6-7-32-25)18(24(31)30-21)9-15-10-22-20(29-15)4-3-5-26-22/h3-5,8-12,27,29H,6-7H2,1-2H3,(H,30,31)/b18-9-. The Bertz CT molecular complexity index is 1420. The van der Waals surface area contributed by atoms with Crippen LogP contribution in [0, 0.1) is 13.8 Å². The first-order chi connectivity index (χ1) is 15.6. The van der Waals surface area contributed by atoms with Crippen LogP contribution in [0.2, 0.25) is 0 Å². The molecule has 32 heavy (non-hydrogen) atoms. The molecule has 1 aromatic carbocycles. The van der Waals surface area contributed by atoms with Crippen LogP contribution in [0.1, 0.15) is 22.4 Å². The second-order valence-corrected chi connectivity index (χ2v) is 8.14. The number of ether oxygens (including phenoxy) is 1. The summed E-state index contributed by atoms with van der Waals surface area (Å²) in [5.74, 6) is 0.527. The summed E-state index contributed by atoms with van der Waals surface area (Å²) in [6.07, 6.45) is 5.50.